The second-order valence-corrected chi connectivity index (χ2v) is 2.72. The summed E-state index contributed by atoms with van der Waals surface area (Å²) in [5.74, 6) is 1.70. The lowest BCUT2D eigenvalue weighted by Gasteiger charge is -1.97. The first-order valence-corrected chi connectivity index (χ1v) is 3.75. The highest BCUT2D eigenvalue weighted by Gasteiger charge is 2.00. The van der Waals surface area contributed by atoms with Gasteiger partial charge in [-0.1, -0.05) is 13.0 Å². The van der Waals surface area contributed by atoms with E-state index in [0.29, 0.717) is 5.92 Å². The van der Waals surface area contributed by atoms with E-state index in [-0.39, 0.29) is 0 Å². The first-order chi connectivity index (χ1) is 4.83. The molecule has 1 aliphatic rings. The van der Waals surface area contributed by atoms with Gasteiger partial charge in [-0.25, -0.2) is 0 Å². The fourth-order valence-electron chi connectivity index (χ4n) is 1.06. The second kappa shape index (κ2) is 3.45. The van der Waals surface area contributed by atoms with Crippen LogP contribution in [0.3, 0.4) is 0 Å². The summed E-state index contributed by atoms with van der Waals surface area (Å²) in [7, 11) is 1.71. The molecular weight excluding hydrogens is 124 g/mol. The molecule has 0 N–H and O–H groups in total. The molecular formula is C9H14O. The minimum Gasteiger partial charge on any atom is -0.497 e. The molecule has 10 heavy (non-hydrogen) atoms. The van der Waals surface area contributed by atoms with Gasteiger partial charge in [-0.15, -0.1) is 0 Å². The van der Waals surface area contributed by atoms with Crippen molar-refractivity contribution in [2.45, 2.75) is 19.8 Å². The van der Waals surface area contributed by atoms with E-state index in [4.69, 9.17) is 4.74 Å². The van der Waals surface area contributed by atoms with Crippen LogP contribution in [-0.2, 0) is 4.74 Å². The van der Waals surface area contributed by atoms with Gasteiger partial charge < -0.3 is 4.74 Å². The summed E-state index contributed by atoms with van der Waals surface area (Å²) in [6.45, 7) is 2.23. The first kappa shape index (κ1) is 7.39. The molecule has 0 fully saturated rings. The number of ether oxygens (including phenoxy) is 1. The van der Waals surface area contributed by atoms with Crippen LogP contribution in [0.5, 0.6) is 0 Å². The Morgan fingerprint density at radius 3 is 3.10 bits per heavy atom. The van der Waals surface area contributed by atoms with E-state index in [0.717, 1.165) is 12.2 Å². The standard InChI is InChI=1S/C9H14O/c1-8-4-3-5-9(10-2)7-6-8/h5-8H,3-4H2,1-2H3. The van der Waals surface area contributed by atoms with Gasteiger partial charge in [0, 0.05) is 0 Å². The van der Waals surface area contributed by atoms with E-state index in [1.807, 2.05) is 0 Å². The number of hydrogen-bond donors (Lipinski definition) is 0. The molecule has 0 bridgehead atoms. The maximum absolute atomic E-state index is 5.09. The molecule has 1 nitrogen and oxygen atoms in total. The van der Waals surface area contributed by atoms with Gasteiger partial charge in [-0.05, 0) is 30.9 Å². The van der Waals surface area contributed by atoms with E-state index >= 15 is 0 Å². The minimum absolute atomic E-state index is 0.698. The maximum atomic E-state index is 5.09. The normalized spacial score (nSPS) is 25.4. The van der Waals surface area contributed by atoms with Crippen LogP contribution in [0.15, 0.2) is 24.0 Å². The zero-order valence-electron chi connectivity index (χ0n) is 6.63. The van der Waals surface area contributed by atoms with Gasteiger partial charge in [-0.2, -0.15) is 0 Å². The topological polar surface area (TPSA) is 9.23 Å². The molecule has 0 saturated heterocycles. The van der Waals surface area contributed by atoms with Gasteiger partial charge in [0.2, 0.25) is 0 Å². The van der Waals surface area contributed by atoms with Gasteiger partial charge in [-0.3, -0.25) is 0 Å². The Bertz CT molecular complexity index is 156. The van der Waals surface area contributed by atoms with Crippen molar-refractivity contribution in [2.75, 3.05) is 7.11 Å². The summed E-state index contributed by atoms with van der Waals surface area (Å²) >= 11 is 0. The highest BCUT2D eigenvalue weighted by molar-refractivity contribution is 5.14. The van der Waals surface area contributed by atoms with Gasteiger partial charge in [0.1, 0.15) is 5.76 Å². The number of rotatable bonds is 1. The van der Waals surface area contributed by atoms with Crippen molar-refractivity contribution in [2.24, 2.45) is 5.92 Å². The van der Waals surface area contributed by atoms with Crippen LogP contribution in [-0.4, -0.2) is 7.11 Å². The van der Waals surface area contributed by atoms with Crippen molar-refractivity contribution in [3.63, 3.8) is 0 Å². The summed E-state index contributed by atoms with van der Waals surface area (Å²) in [6.07, 6.45) is 8.76. The lowest BCUT2D eigenvalue weighted by molar-refractivity contribution is 0.305. The largest absolute Gasteiger partial charge is 0.497 e. The highest BCUT2D eigenvalue weighted by Crippen LogP contribution is 2.15. The third kappa shape index (κ3) is 1.90. The summed E-state index contributed by atoms with van der Waals surface area (Å²) in [5.41, 5.74) is 0. The van der Waals surface area contributed by atoms with Crippen LogP contribution in [0.4, 0.5) is 0 Å². The van der Waals surface area contributed by atoms with E-state index in [1.165, 1.54) is 6.42 Å². The molecule has 1 atom stereocenters. The Balaban J connectivity index is 2.57. The molecule has 0 spiro atoms. The molecule has 1 aliphatic carbocycles. The van der Waals surface area contributed by atoms with Crippen LogP contribution in [0.25, 0.3) is 0 Å². The Hall–Kier alpha value is -0.720. The average Bonchev–Trinajstić information content (AvgIpc) is 2.14. The Morgan fingerprint density at radius 2 is 2.40 bits per heavy atom. The molecule has 0 saturated carbocycles. The summed E-state index contributed by atoms with van der Waals surface area (Å²) < 4.78 is 5.09. The van der Waals surface area contributed by atoms with Crippen LogP contribution in [0.2, 0.25) is 0 Å². The summed E-state index contributed by atoms with van der Waals surface area (Å²) in [6, 6.07) is 0. The predicted octanol–water partition coefficient (Wildman–Crippen LogP) is 2.50. The lowest BCUT2D eigenvalue weighted by Crippen LogP contribution is -1.84. The fourth-order valence-corrected chi connectivity index (χ4v) is 1.06. The summed E-state index contributed by atoms with van der Waals surface area (Å²) in [5, 5.41) is 0. The van der Waals surface area contributed by atoms with Gasteiger partial charge in [0.25, 0.3) is 0 Å². The van der Waals surface area contributed by atoms with Crippen molar-refractivity contribution < 1.29 is 4.74 Å². The third-order valence-electron chi connectivity index (χ3n) is 1.79. The van der Waals surface area contributed by atoms with Crippen molar-refractivity contribution in [1.82, 2.24) is 0 Å². The fraction of sp³-hybridized carbons (Fsp3) is 0.556. The van der Waals surface area contributed by atoms with E-state index in [9.17, 15) is 0 Å². The molecule has 0 aromatic rings. The Morgan fingerprint density at radius 1 is 1.60 bits per heavy atom. The molecule has 0 radical (unpaired) electrons. The van der Waals surface area contributed by atoms with Crippen LogP contribution < -0.4 is 0 Å². The molecule has 1 heteroatoms. The summed E-state index contributed by atoms with van der Waals surface area (Å²) in [4.78, 5) is 0. The zero-order chi connectivity index (χ0) is 7.40. The van der Waals surface area contributed by atoms with Gasteiger partial charge in [0.05, 0.1) is 7.11 Å². The Labute approximate surface area is 62.4 Å². The van der Waals surface area contributed by atoms with Gasteiger partial charge in [0.15, 0.2) is 0 Å². The monoisotopic (exact) mass is 138 g/mol. The van der Waals surface area contributed by atoms with Crippen molar-refractivity contribution >= 4 is 0 Å². The third-order valence-corrected chi connectivity index (χ3v) is 1.79. The molecule has 1 unspecified atom stereocenters. The van der Waals surface area contributed by atoms with Crippen molar-refractivity contribution in [3.8, 4) is 0 Å². The quantitative estimate of drug-likeness (QED) is 0.541. The smallest absolute Gasteiger partial charge is 0.114 e. The van der Waals surface area contributed by atoms with E-state index in [1.54, 1.807) is 7.11 Å². The Kier molecular flexibility index (Phi) is 2.55. The number of allylic oxidation sites excluding steroid dienone is 3. The molecule has 0 aromatic carbocycles. The first-order valence-electron chi connectivity index (χ1n) is 3.75. The number of methoxy groups -OCH3 is 1. The van der Waals surface area contributed by atoms with Crippen molar-refractivity contribution in [3.05, 3.63) is 24.0 Å². The molecule has 0 heterocycles. The van der Waals surface area contributed by atoms with Gasteiger partial charge >= 0.3 is 0 Å². The van der Waals surface area contributed by atoms with E-state index in [2.05, 4.69) is 25.2 Å². The van der Waals surface area contributed by atoms with Crippen molar-refractivity contribution in [1.29, 1.82) is 0 Å². The molecule has 0 amide bonds. The SMILES string of the molecule is COC1=CCCC(C)C=C1. The number of hydrogen-bond acceptors (Lipinski definition) is 1. The average molecular weight is 138 g/mol. The highest BCUT2D eigenvalue weighted by atomic mass is 16.5. The molecule has 56 valence electrons. The van der Waals surface area contributed by atoms with Crippen LogP contribution in [0.1, 0.15) is 19.8 Å². The predicted molar refractivity (Wildman–Crippen MR) is 42.6 cm³/mol. The molecule has 1 rings (SSSR count). The maximum Gasteiger partial charge on any atom is 0.114 e. The van der Waals surface area contributed by atoms with E-state index < -0.39 is 0 Å². The zero-order valence-corrected chi connectivity index (χ0v) is 6.63. The molecule has 0 aromatic heterocycles. The van der Waals surface area contributed by atoms with Crippen LogP contribution in [0, 0.1) is 5.92 Å². The molecule has 0 aliphatic heterocycles. The second-order valence-electron chi connectivity index (χ2n) is 2.72. The van der Waals surface area contributed by atoms with Crippen LogP contribution >= 0.6 is 0 Å². The lowest BCUT2D eigenvalue weighted by atomic mass is 10.1. The minimum atomic E-state index is 0.698.